The Bertz CT molecular complexity index is 1110. The first kappa shape index (κ1) is 17.4. The normalized spacial score (nSPS) is 17.8. The number of benzene rings is 1. The summed E-state index contributed by atoms with van der Waals surface area (Å²) < 4.78 is 7.47. The summed E-state index contributed by atoms with van der Waals surface area (Å²) in [5.74, 6) is 1.61. The largest absolute Gasteiger partial charge is 0.482 e. The SMILES string of the molecule is C[C@H]1CN(C(=O)c2ccc3c(c2)OCC(=O)N3)Cc2nnc(-c3ccccn3)n21. The van der Waals surface area contributed by atoms with Gasteiger partial charge in [0.25, 0.3) is 11.8 Å². The Labute approximate surface area is 166 Å². The molecule has 2 aromatic heterocycles. The number of carbonyl (C=O) groups excluding carboxylic acids is 2. The van der Waals surface area contributed by atoms with E-state index in [4.69, 9.17) is 4.74 Å². The lowest BCUT2D eigenvalue weighted by Gasteiger charge is -2.32. The van der Waals surface area contributed by atoms with Gasteiger partial charge in [-0.1, -0.05) is 6.07 Å². The molecular formula is C20H18N6O3. The molecule has 0 saturated heterocycles. The molecule has 1 atom stereocenters. The van der Waals surface area contributed by atoms with Crippen molar-refractivity contribution in [2.75, 3.05) is 18.5 Å². The Hall–Kier alpha value is -3.75. The van der Waals surface area contributed by atoms with E-state index < -0.39 is 0 Å². The third-order valence-corrected chi connectivity index (χ3v) is 5.07. The topological polar surface area (TPSA) is 102 Å². The minimum absolute atomic E-state index is 0.00266. The Morgan fingerprint density at radius 3 is 2.97 bits per heavy atom. The second kappa shape index (κ2) is 6.69. The molecule has 2 aliphatic heterocycles. The Morgan fingerprint density at radius 1 is 1.24 bits per heavy atom. The molecule has 2 amide bonds. The number of nitrogens with zero attached hydrogens (tertiary/aromatic N) is 5. The predicted molar refractivity (Wildman–Crippen MR) is 103 cm³/mol. The molecule has 0 radical (unpaired) electrons. The lowest BCUT2D eigenvalue weighted by molar-refractivity contribution is -0.118. The van der Waals surface area contributed by atoms with E-state index in [0.29, 0.717) is 35.9 Å². The number of amides is 2. The smallest absolute Gasteiger partial charge is 0.262 e. The molecule has 29 heavy (non-hydrogen) atoms. The number of pyridine rings is 1. The highest BCUT2D eigenvalue weighted by molar-refractivity contribution is 5.99. The van der Waals surface area contributed by atoms with Crippen LogP contribution in [0.25, 0.3) is 11.5 Å². The third kappa shape index (κ3) is 3.00. The summed E-state index contributed by atoms with van der Waals surface area (Å²) >= 11 is 0. The highest BCUT2D eigenvalue weighted by Crippen LogP contribution is 2.31. The molecule has 9 heteroatoms. The van der Waals surface area contributed by atoms with Crippen molar-refractivity contribution in [1.29, 1.82) is 0 Å². The van der Waals surface area contributed by atoms with E-state index in [-0.39, 0.29) is 24.5 Å². The second-order valence-corrected chi connectivity index (χ2v) is 7.11. The molecule has 1 aromatic carbocycles. The van der Waals surface area contributed by atoms with Gasteiger partial charge < -0.3 is 19.5 Å². The maximum absolute atomic E-state index is 13.1. The molecule has 4 heterocycles. The molecule has 0 saturated carbocycles. The molecule has 146 valence electrons. The van der Waals surface area contributed by atoms with Crippen LogP contribution < -0.4 is 10.1 Å². The summed E-state index contributed by atoms with van der Waals surface area (Å²) in [7, 11) is 0. The summed E-state index contributed by atoms with van der Waals surface area (Å²) in [6, 6.07) is 10.7. The van der Waals surface area contributed by atoms with Crippen LogP contribution in [0, 0.1) is 0 Å². The van der Waals surface area contributed by atoms with Gasteiger partial charge in [0.2, 0.25) is 0 Å². The number of anilines is 1. The van der Waals surface area contributed by atoms with Gasteiger partial charge in [0.15, 0.2) is 18.3 Å². The monoisotopic (exact) mass is 390 g/mol. The average molecular weight is 390 g/mol. The molecule has 0 aliphatic carbocycles. The third-order valence-electron chi connectivity index (χ3n) is 5.07. The van der Waals surface area contributed by atoms with E-state index in [9.17, 15) is 9.59 Å². The molecule has 5 rings (SSSR count). The zero-order valence-electron chi connectivity index (χ0n) is 15.7. The van der Waals surface area contributed by atoms with Gasteiger partial charge in [-0.3, -0.25) is 14.6 Å². The molecule has 3 aromatic rings. The summed E-state index contributed by atoms with van der Waals surface area (Å²) in [5.41, 5.74) is 1.83. The van der Waals surface area contributed by atoms with Gasteiger partial charge in [-0.25, -0.2) is 0 Å². The van der Waals surface area contributed by atoms with Crippen molar-refractivity contribution in [3.63, 3.8) is 0 Å². The summed E-state index contributed by atoms with van der Waals surface area (Å²) in [6.07, 6.45) is 1.72. The number of aromatic nitrogens is 4. The number of nitrogens with one attached hydrogen (secondary N) is 1. The van der Waals surface area contributed by atoms with Crippen LogP contribution in [-0.2, 0) is 11.3 Å². The molecular weight excluding hydrogens is 372 g/mol. The van der Waals surface area contributed by atoms with Gasteiger partial charge in [-0.05, 0) is 37.3 Å². The van der Waals surface area contributed by atoms with Gasteiger partial charge in [0.05, 0.1) is 18.3 Å². The lowest BCUT2D eigenvalue weighted by Crippen LogP contribution is -2.40. The molecule has 0 fully saturated rings. The molecule has 2 aliphatic rings. The summed E-state index contributed by atoms with van der Waals surface area (Å²) in [5, 5.41) is 11.3. The summed E-state index contributed by atoms with van der Waals surface area (Å²) in [4.78, 5) is 30.6. The summed E-state index contributed by atoms with van der Waals surface area (Å²) in [6.45, 7) is 2.87. The van der Waals surface area contributed by atoms with Crippen LogP contribution >= 0.6 is 0 Å². The lowest BCUT2D eigenvalue weighted by atomic mass is 10.1. The average Bonchev–Trinajstić information content (AvgIpc) is 3.18. The number of ether oxygens (including phenoxy) is 1. The predicted octanol–water partition coefficient (Wildman–Crippen LogP) is 1.89. The first-order valence-corrected chi connectivity index (χ1v) is 9.31. The fourth-order valence-electron chi connectivity index (χ4n) is 3.75. The molecule has 0 unspecified atom stereocenters. The maximum Gasteiger partial charge on any atom is 0.262 e. The molecule has 0 bridgehead atoms. The highest BCUT2D eigenvalue weighted by Gasteiger charge is 2.31. The molecule has 9 nitrogen and oxygen atoms in total. The standard InChI is InChI=1S/C20H18N6O3/c1-12-9-25(10-17-23-24-19(26(12)17)15-4-2-3-7-21-15)20(28)13-5-6-14-16(8-13)29-11-18(27)22-14/h2-8,12H,9-11H2,1H3,(H,22,27)/t12-/m0/s1. The van der Waals surface area contributed by atoms with Crippen LogP contribution in [0.4, 0.5) is 5.69 Å². The van der Waals surface area contributed by atoms with Crippen molar-refractivity contribution in [2.24, 2.45) is 0 Å². The fourth-order valence-corrected chi connectivity index (χ4v) is 3.75. The first-order valence-electron chi connectivity index (χ1n) is 9.31. The van der Waals surface area contributed by atoms with Crippen LogP contribution in [0.5, 0.6) is 5.75 Å². The highest BCUT2D eigenvalue weighted by atomic mass is 16.5. The van der Waals surface area contributed by atoms with E-state index in [1.165, 1.54) is 0 Å². The van der Waals surface area contributed by atoms with Gasteiger partial charge in [-0.2, -0.15) is 0 Å². The van der Waals surface area contributed by atoms with Crippen molar-refractivity contribution in [2.45, 2.75) is 19.5 Å². The minimum Gasteiger partial charge on any atom is -0.482 e. The van der Waals surface area contributed by atoms with E-state index in [2.05, 4.69) is 20.5 Å². The quantitative estimate of drug-likeness (QED) is 0.717. The minimum atomic E-state index is -0.204. The zero-order valence-corrected chi connectivity index (χ0v) is 15.7. The Morgan fingerprint density at radius 2 is 2.14 bits per heavy atom. The van der Waals surface area contributed by atoms with Crippen LogP contribution in [0.2, 0.25) is 0 Å². The van der Waals surface area contributed by atoms with E-state index in [0.717, 1.165) is 11.5 Å². The molecule has 1 N–H and O–H groups in total. The zero-order chi connectivity index (χ0) is 20.0. The van der Waals surface area contributed by atoms with E-state index in [1.807, 2.05) is 29.7 Å². The molecule has 0 spiro atoms. The van der Waals surface area contributed by atoms with Crippen molar-refractivity contribution in [1.82, 2.24) is 24.6 Å². The van der Waals surface area contributed by atoms with Gasteiger partial charge in [-0.15, -0.1) is 10.2 Å². The second-order valence-electron chi connectivity index (χ2n) is 7.11. The van der Waals surface area contributed by atoms with Gasteiger partial charge in [0.1, 0.15) is 11.4 Å². The van der Waals surface area contributed by atoms with Gasteiger partial charge in [0, 0.05) is 18.3 Å². The fraction of sp³-hybridized carbons (Fsp3) is 0.250. The maximum atomic E-state index is 13.1. The van der Waals surface area contributed by atoms with Crippen LogP contribution in [-0.4, -0.2) is 49.6 Å². The van der Waals surface area contributed by atoms with E-state index in [1.54, 1.807) is 29.3 Å². The number of hydrogen-bond acceptors (Lipinski definition) is 6. The van der Waals surface area contributed by atoms with Crippen molar-refractivity contribution in [3.8, 4) is 17.3 Å². The number of hydrogen-bond donors (Lipinski definition) is 1. The van der Waals surface area contributed by atoms with Crippen LogP contribution in [0.15, 0.2) is 42.6 Å². The Balaban J connectivity index is 1.41. The Kier molecular flexibility index (Phi) is 4.01. The first-order chi connectivity index (χ1) is 14.1. The number of carbonyl (C=O) groups is 2. The van der Waals surface area contributed by atoms with E-state index >= 15 is 0 Å². The number of rotatable bonds is 2. The van der Waals surface area contributed by atoms with Crippen molar-refractivity contribution >= 4 is 17.5 Å². The van der Waals surface area contributed by atoms with Gasteiger partial charge >= 0.3 is 0 Å². The van der Waals surface area contributed by atoms with Crippen molar-refractivity contribution in [3.05, 3.63) is 54.0 Å². The van der Waals surface area contributed by atoms with Crippen LogP contribution in [0.3, 0.4) is 0 Å². The van der Waals surface area contributed by atoms with Crippen molar-refractivity contribution < 1.29 is 14.3 Å². The van der Waals surface area contributed by atoms with Crippen LogP contribution in [0.1, 0.15) is 29.1 Å². The number of fused-ring (bicyclic) bond motifs is 2.